The maximum atomic E-state index is 13.2. The Morgan fingerprint density at radius 3 is 2.79 bits per heavy atom. The average molecular weight is 415 g/mol. The van der Waals surface area contributed by atoms with Crippen LogP contribution in [-0.2, 0) is 11.4 Å². The van der Waals surface area contributed by atoms with Gasteiger partial charge >= 0.3 is 0 Å². The number of hydrogen-bond donors (Lipinski definition) is 0. The van der Waals surface area contributed by atoms with Gasteiger partial charge in [0.05, 0.1) is 19.4 Å². The lowest BCUT2D eigenvalue weighted by atomic mass is 10.1. The van der Waals surface area contributed by atoms with E-state index in [4.69, 9.17) is 30.8 Å². The zero-order valence-corrected chi connectivity index (χ0v) is 16.2. The smallest absolute Gasteiger partial charge is 0.288 e. The highest BCUT2D eigenvalue weighted by atomic mass is 32.1. The van der Waals surface area contributed by atoms with Crippen molar-refractivity contribution in [3.8, 4) is 23.0 Å². The lowest BCUT2D eigenvalue weighted by Gasteiger charge is -2.32. The van der Waals surface area contributed by atoms with E-state index < -0.39 is 0 Å². The van der Waals surface area contributed by atoms with Crippen LogP contribution in [0.2, 0.25) is 0 Å². The first kappa shape index (κ1) is 18.3. The Labute approximate surface area is 171 Å². The van der Waals surface area contributed by atoms with E-state index in [1.165, 1.54) is 12.1 Å². The van der Waals surface area contributed by atoms with E-state index in [0.29, 0.717) is 42.0 Å². The van der Waals surface area contributed by atoms with E-state index in [2.05, 4.69) is 10.00 Å². The molecular weight excluding hydrogens is 397 g/mol. The number of ether oxygens (including phenoxy) is 3. The maximum absolute atomic E-state index is 13.2. The molecule has 2 aliphatic heterocycles. The Bertz CT molecular complexity index is 1080. The summed E-state index contributed by atoms with van der Waals surface area (Å²) in [5.74, 6) is 1.53. The topological polar surface area (TPSA) is 61.9 Å². The summed E-state index contributed by atoms with van der Waals surface area (Å²) < 4.78 is 37.1. The molecule has 0 spiro atoms. The lowest BCUT2D eigenvalue weighted by Crippen LogP contribution is -2.39. The summed E-state index contributed by atoms with van der Waals surface area (Å²) in [5.41, 5.74) is 1.71. The largest absolute Gasteiger partial charge is 0.454 e. The van der Waals surface area contributed by atoms with Gasteiger partial charge in [0.1, 0.15) is 5.82 Å². The Kier molecular flexibility index (Phi) is 4.78. The van der Waals surface area contributed by atoms with E-state index in [1.807, 2.05) is 18.2 Å². The van der Waals surface area contributed by atoms with Crippen LogP contribution in [0.15, 0.2) is 46.9 Å². The second-order valence-electron chi connectivity index (χ2n) is 6.87. The maximum Gasteiger partial charge on any atom is 0.288 e. The standard InChI is InChI=1S/C20H18FN3O4S/c21-15-4-1-13(2-5-15)18-10-23(7-8-25-18)11-24-20(29)28-19(22-24)14-3-6-16-17(9-14)27-12-26-16/h1-6,9,18H,7-8,10-12H2. The molecule has 0 saturated carbocycles. The van der Waals surface area contributed by atoms with Gasteiger partial charge in [-0.05, 0) is 48.1 Å². The zero-order valence-electron chi connectivity index (χ0n) is 15.4. The SMILES string of the molecule is Fc1ccc(C2CN(Cn3nc(-c4ccc5c(c4)OCO5)oc3=S)CCO2)cc1. The molecule has 2 aliphatic rings. The van der Waals surface area contributed by atoms with Gasteiger partial charge in [-0.15, -0.1) is 5.10 Å². The third-order valence-corrected chi connectivity index (χ3v) is 5.25. The number of aromatic nitrogens is 2. The zero-order chi connectivity index (χ0) is 19.8. The number of nitrogens with zero attached hydrogens (tertiary/aromatic N) is 3. The normalized spacial score (nSPS) is 18.9. The summed E-state index contributed by atoms with van der Waals surface area (Å²) in [6.07, 6.45) is -0.126. The number of hydrogen-bond acceptors (Lipinski definition) is 7. The molecule has 0 radical (unpaired) electrons. The lowest BCUT2D eigenvalue weighted by molar-refractivity contribution is -0.0420. The Balaban J connectivity index is 1.32. The third-order valence-electron chi connectivity index (χ3n) is 4.95. The summed E-state index contributed by atoms with van der Waals surface area (Å²) in [7, 11) is 0. The molecule has 9 heteroatoms. The van der Waals surface area contributed by atoms with E-state index in [-0.39, 0.29) is 18.7 Å². The Morgan fingerprint density at radius 1 is 1.10 bits per heavy atom. The highest BCUT2D eigenvalue weighted by molar-refractivity contribution is 7.71. The van der Waals surface area contributed by atoms with Crippen molar-refractivity contribution < 1.29 is 23.0 Å². The van der Waals surface area contributed by atoms with Crippen molar-refractivity contribution in [1.82, 2.24) is 14.7 Å². The van der Waals surface area contributed by atoms with Gasteiger partial charge in [0.15, 0.2) is 11.5 Å². The molecule has 1 unspecified atom stereocenters. The van der Waals surface area contributed by atoms with Crippen LogP contribution in [0.1, 0.15) is 11.7 Å². The first-order valence-electron chi connectivity index (χ1n) is 9.23. The van der Waals surface area contributed by atoms with Gasteiger partial charge in [-0.3, -0.25) is 4.90 Å². The second-order valence-corrected chi connectivity index (χ2v) is 7.22. The van der Waals surface area contributed by atoms with Crippen molar-refractivity contribution in [3.63, 3.8) is 0 Å². The van der Waals surface area contributed by atoms with Crippen molar-refractivity contribution in [1.29, 1.82) is 0 Å². The molecule has 7 nitrogen and oxygen atoms in total. The molecule has 0 amide bonds. The fraction of sp³-hybridized carbons (Fsp3) is 0.300. The van der Waals surface area contributed by atoms with E-state index in [9.17, 15) is 4.39 Å². The van der Waals surface area contributed by atoms with E-state index in [0.717, 1.165) is 17.7 Å². The fourth-order valence-electron chi connectivity index (χ4n) is 3.44. The number of morpholine rings is 1. The quantitative estimate of drug-likeness (QED) is 0.601. The molecular formula is C20H18FN3O4S. The summed E-state index contributed by atoms with van der Waals surface area (Å²) >= 11 is 5.36. The van der Waals surface area contributed by atoms with Gasteiger partial charge in [0.2, 0.25) is 12.7 Å². The highest BCUT2D eigenvalue weighted by Crippen LogP contribution is 2.35. The van der Waals surface area contributed by atoms with Crippen molar-refractivity contribution in [2.75, 3.05) is 26.5 Å². The summed E-state index contributed by atoms with van der Waals surface area (Å²) in [4.78, 5) is 2.47. The first-order chi connectivity index (χ1) is 14.2. The van der Waals surface area contributed by atoms with Gasteiger partial charge < -0.3 is 18.6 Å². The molecule has 150 valence electrons. The van der Waals surface area contributed by atoms with Crippen LogP contribution in [0.4, 0.5) is 4.39 Å². The van der Waals surface area contributed by atoms with Crippen LogP contribution >= 0.6 is 12.2 Å². The molecule has 0 N–H and O–H groups in total. The molecule has 0 aliphatic carbocycles. The van der Waals surface area contributed by atoms with Crippen LogP contribution < -0.4 is 9.47 Å². The van der Waals surface area contributed by atoms with E-state index in [1.54, 1.807) is 16.8 Å². The minimum atomic E-state index is -0.258. The van der Waals surface area contributed by atoms with Crippen LogP contribution in [-0.4, -0.2) is 41.2 Å². The minimum Gasteiger partial charge on any atom is -0.454 e. The van der Waals surface area contributed by atoms with Crippen LogP contribution in [0.25, 0.3) is 11.5 Å². The minimum absolute atomic E-state index is 0.126. The van der Waals surface area contributed by atoms with Crippen LogP contribution in [0.3, 0.4) is 0 Å². The van der Waals surface area contributed by atoms with Crippen molar-refractivity contribution in [2.45, 2.75) is 12.8 Å². The van der Waals surface area contributed by atoms with Crippen molar-refractivity contribution in [2.24, 2.45) is 0 Å². The van der Waals surface area contributed by atoms with Gasteiger partial charge in [0, 0.05) is 18.7 Å². The summed E-state index contributed by atoms with van der Waals surface area (Å²) in [5, 5.41) is 4.53. The van der Waals surface area contributed by atoms with Crippen LogP contribution in [0, 0.1) is 10.7 Å². The predicted octanol–water partition coefficient (Wildman–Crippen LogP) is 3.77. The van der Waals surface area contributed by atoms with Gasteiger partial charge in [-0.2, -0.15) is 0 Å². The average Bonchev–Trinajstić information content (AvgIpc) is 3.35. The molecule has 29 heavy (non-hydrogen) atoms. The second kappa shape index (κ2) is 7.58. The molecule has 3 heterocycles. The molecule has 1 saturated heterocycles. The molecule has 3 aromatic rings. The van der Waals surface area contributed by atoms with Gasteiger partial charge in [-0.1, -0.05) is 12.1 Å². The van der Waals surface area contributed by atoms with Crippen molar-refractivity contribution >= 4 is 12.2 Å². The Morgan fingerprint density at radius 2 is 1.93 bits per heavy atom. The van der Waals surface area contributed by atoms with Crippen molar-refractivity contribution in [3.05, 3.63) is 58.7 Å². The van der Waals surface area contributed by atoms with E-state index >= 15 is 0 Å². The summed E-state index contributed by atoms with van der Waals surface area (Å²) in [6.45, 7) is 2.66. The molecule has 1 atom stereocenters. The summed E-state index contributed by atoms with van der Waals surface area (Å²) in [6, 6.07) is 11.9. The number of fused-ring (bicyclic) bond motifs is 1. The third kappa shape index (κ3) is 3.76. The number of benzene rings is 2. The number of halogens is 1. The molecule has 5 rings (SSSR count). The first-order valence-corrected chi connectivity index (χ1v) is 9.64. The van der Waals surface area contributed by atoms with Crippen LogP contribution in [0.5, 0.6) is 11.5 Å². The predicted molar refractivity (Wildman–Crippen MR) is 104 cm³/mol. The monoisotopic (exact) mass is 415 g/mol. The van der Waals surface area contributed by atoms with Gasteiger partial charge in [-0.25, -0.2) is 9.07 Å². The fourth-order valence-corrected chi connectivity index (χ4v) is 3.62. The molecule has 0 bridgehead atoms. The molecule has 1 aromatic heterocycles. The van der Waals surface area contributed by atoms with Gasteiger partial charge in [0.25, 0.3) is 4.84 Å². The molecule has 2 aromatic carbocycles. The Hall–Kier alpha value is -2.75. The highest BCUT2D eigenvalue weighted by Gasteiger charge is 2.23. The molecule has 1 fully saturated rings. The number of rotatable bonds is 4.